The summed E-state index contributed by atoms with van der Waals surface area (Å²) in [6.07, 6.45) is 5.54. The number of aliphatic hydroxyl groups is 1. The molecule has 1 heterocycles. The lowest BCUT2D eigenvalue weighted by Crippen LogP contribution is -2.35. The van der Waals surface area contributed by atoms with Gasteiger partial charge in [0.05, 0.1) is 22.7 Å². The van der Waals surface area contributed by atoms with Crippen molar-refractivity contribution in [2.24, 2.45) is 0 Å². The van der Waals surface area contributed by atoms with Gasteiger partial charge in [0.25, 0.3) is 0 Å². The highest BCUT2D eigenvalue weighted by Gasteiger charge is 2.33. The highest BCUT2D eigenvalue weighted by atomic mass is 32.1. The summed E-state index contributed by atoms with van der Waals surface area (Å²) in [4.78, 5) is 17.7. The summed E-state index contributed by atoms with van der Waals surface area (Å²) in [7, 11) is 0. The molecule has 1 aromatic heterocycles. The molecule has 0 bridgehead atoms. The zero-order chi connectivity index (χ0) is 14.6. The Bertz CT molecular complexity index is 464. The molecular weight excluding hydrogens is 272 g/mol. The van der Waals surface area contributed by atoms with Crippen LogP contribution in [-0.2, 0) is 17.6 Å². The minimum Gasteiger partial charge on any atom is -0.389 e. The zero-order valence-electron chi connectivity index (χ0n) is 12.4. The number of aromatic nitrogens is 1. The van der Waals surface area contributed by atoms with E-state index in [-0.39, 0.29) is 12.3 Å². The van der Waals surface area contributed by atoms with Crippen molar-refractivity contribution in [3.63, 3.8) is 0 Å². The number of rotatable bonds is 6. The van der Waals surface area contributed by atoms with Crippen LogP contribution in [0, 0.1) is 6.92 Å². The van der Waals surface area contributed by atoms with Crippen molar-refractivity contribution >= 4 is 17.2 Å². The molecule has 112 valence electrons. The van der Waals surface area contributed by atoms with Crippen molar-refractivity contribution in [1.29, 1.82) is 0 Å². The second-order valence-corrected chi connectivity index (χ2v) is 6.96. The molecule has 4 nitrogen and oxygen atoms in total. The van der Waals surface area contributed by atoms with E-state index in [4.69, 9.17) is 0 Å². The van der Waals surface area contributed by atoms with E-state index in [1.54, 1.807) is 11.3 Å². The van der Waals surface area contributed by atoms with Crippen LogP contribution < -0.4 is 5.32 Å². The second kappa shape index (κ2) is 6.68. The molecule has 20 heavy (non-hydrogen) atoms. The number of hydrogen-bond donors (Lipinski definition) is 2. The number of amides is 1. The average Bonchev–Trinajstić information content (AvgIpc) is 2.95. The third-order valence-electron chi connectivity index (χ3n) is 3.96. The van der Waals surface area contributed by atoms with Crippen molar-refractivity contribution in [3.8, 4) is 0 Å². The topological polar surface area (TPSA) is 62.2 Å². The molecule has 2 rings (SSSR count). The predicted octanol–water partition coefficient (Wildman–Crippen LogP) is 2.37. The molecule has 0 spiro atoms. The highest BCUT2D eigenvalue weighted by molar-refractivity contribution is 7.11. The van der Waals surface area contributed by atoms with Gasteiger partial charge in [-0.1, -0.05) is 19.8 Å². The van der Waals surface area contributed by atoms with Crippen LogP contribution in [0.2, 0.25) is 0 Å². The average molecular weight is 296 g/mol. The quantitative estimate of drug-likeness (QED) is 0.847. The molecule has 1 amide bonds. The van der Waals surface area contributed by atoms with Crippen LogP contribution in [0.5, 0.6) is 0 Å². The molecule has 1 aromatic rings. The Kier molecular flexibility index (Phi) is 5.16. The van der Waals surface area contributed by atoms with E-state index in [2.05, 4.69) is 24.1 Å². The number of carbonyl (C=O) groups is 1. The van der Waals surface area contributed by atoms with Gasteiger partial charge in [-0.3, -0.25) is 4.79 Å². The summed E-state index contributed by atoms with van der Waals surface area (Å²) in [5.41, 5.74) is 0.411. The molecule has 1 aliphatic carbocycles. The third kappa shape index (κ3) is 4.03. The van der Waals surface area contributed by atoms with E-state index in [0.29, 0.717) is 6.54 Å². The Morgan fingerprint density at radius 3 is 2.75 bits per heavy atom. The predicted molar refractivity (Wildman–Crippen MR) is 81.0 cm³/mol. The van der Waals surface area contributed by atoms with Gasteiger partial charge in [0, 0.05) is 17.8 Å². The first-order valence-corrected chi connectivity index (χ1v) is 8.28. The van der Waals surface area contributed by atoms with Gasteiger partial charge < -0.3 is 10.4 Å². The molecular formula is C15H24N2O2S. The van der Waals surface area contributed by atoms with E-state index < -0.39 is 5.60 Å². The monoisotopic (exact) mass is 296 g/mol. The Balaban J connectivity index is 1.73. The van der Waals surface area contributed by atoms with Gasteiger partial charge in [-0.15, -0.1) is 11.3 Å². The van der Waals surface area contributed by atoms with Crippen molar-refractivity contribution in [2.45, 2.75) is 64.4 Å². The first-order valence-electron chi connectivity index (χ1n) is 7.47. The van der Waals surface area contributed by atoms with Gasteiger partial charge in [-0.25, -0.2) is 4.98 Å². The molecule has 0 atom stereocenters. The molecule has 0 unspecified atom stereocenters. The van der Waals surface area contributed by atoms with E-state index in [1.165, 1.54) is 4.88 Å². The van der Waals surface area contributed by atoms with Crippen molar-refractivity contribution in [3.05, 3.63) is 15.6 Å². The highest BCUT2D eigenvalue weighted by Crippen LogP contribution is 2.32. The van der Waals surface area contributed by atoms with Crippen molar-refractivity contribution in [2.75, 3.05) is 6.54 Å². The number of thiazole rings is 1. The van der Waals surface area contributed by atoms with Gasteiger partial charge in [0.1, 0.15) is 0 Å². The second-order valence-electron chi connectivity index (χ2n) is 5.67. The summed E-state index contributed by atoms with van der Waals surface area (Å²) in [6, 6.07) is 0. The van der Waals surface area contributed by atoms with Crippen molar-refractivity contribution in [1.82, 2.24) is 10.3 Å². The molecule has 5 heteroatoms. The maximum Gasteiger partial charge on any atom is 0.222 e. The summed E-state index contributed by atoms with van der Waals surface area (Å²) in [5.74, 6) is -0.0432. The Labute approximate surface area is 124 Å². The van der Waals surface area contributed by atoms with Crippen molar-refractivity contribution < 1.29 is 9.90 Å². The fourth-order valence-corrected chi connectivity index (χ4v) is 3.82. The van der Waals surface area contributed by atoms with E-state index in [0.717, 1.165) is 49.2 Å². The maximum absolute atomic E-state index is 11.8. The first kappa shape index (κ1) is 15.4. The van der Waals surface area contributed by atoms with Crippen LogP contribution in [0.4, 0.5) is 0 Å². The van der Waals surface area contributed by atoms with Crippen LogP contribution in [0.15, 0.2) is 0 Å². The molecule has 1 aliphatic rings. The fraction of sp³-hybridized carbons (Fsp3) is 0.733. The molecule has 2 N–H and O–H groups in total. The number of nitrogens with one attached hydrogen (secondary N) is 1. The van der Waals surface area contributed by atoms with Gasteiger partial charge in [0.15, 0.2) is 0 Å². The van der Waals surface area contributed by atoms with Crippen LogP contribution in [0.1, 0.15) is 54.6 Å². The first-order chi connectivity index (χ1) is 9.52. The minimum atomic E-state index is -0.753. The molecule has 0 saturated heterocycles. The van der Waals surface area contributed by atoms with Crippen LogP contribution in [0.3, 0.4) is 0 Å². The van der Waals surface area contributed by atoms with Gasteiger partial charge in [-0.05, 0) is 26.2 Å². The van der Waals surface area contributed by atoms with E-state index >= 15 is 0 Å². The summed E-state index contributed by atoms with van der Waals surface area (Å²) < 4.78 is 0. The minimum absolute atomic E-state index is 0.0432. The summed E-state index contributed by atoms with van der Waals surface area (Å²) >= 11 is 1.71. The number of hydrogen-bond acceptors (Lipinski definition) is 4. The number of carbonyl (C=O) groups excluding carboxylic acids is 1. The molecule has 0 aliphatic heterocycles. The molecule has 1 saturated carbocycles. The summed E-state index contributed by atoms with van der Waals surface area (Å²) in [6.45, 7) is 4.80. The molecule has 1 fully saturated rings. The molecule has 0 radical (unpaired) electrons. The lowest BCUT2D eigenvalue weighted by atomic mass is 9.98. The third-order valence-corrected chi connectivity index (χ3v) is 5.03. The summed E-state index contributed by atoms with van der Waals surface area (Å²) in [5, 5.41) is 14.2. The van der Waals surface area contributed by atoms with Gasteiger partial charge >= 0.3 is 0 Å². The van der Waals surface area contributed by atoms with E-state index in [9.17, 15) is 9.90 Å². The lowest BCUT2D eigenvalue weighted by molar-refractivity contribution is -0.125. The Morgan fingerprint density at radius 1 is 1.45 bits per heavy atom. The SMILES string of the molecule is CCc1nc(CCNC(=O)CC2(O)CCCC2)sc1C. The fourth-order valence-electron chi connectivity index (χ4n) is 2.80. The van der Waals surface area contributed by atoms with Crippen LogP contribution in [0.25, 0.3) is 0 Å². The smallest absolute Gasteiger partial charge is 0.222 e. The maximum atomic E-state index is 11.8. The van der Waals surface area contributed by atoms with Gasteiger partial charge in [0.2, 0.25) is 5.91 Å². The van der Waals surface area contributed by atoms with Crippen LogP contribution >= 0.6 is 11.3 Å². The normalized spacial score (nSPS) is 17.4. The number of nitrogens with zero attached hydrogens (tertiary/aromatic N) is 1. The molecule has 0 aromatic carbocycles. The largest absolute Gasteiger partial charge is 0.389 e. The van der Waals surface area contributed by atoms with E-state index in [1.807, 2.05) is 0 Å². The standard InChI is InChI=1S/C15H24N2O2S/c1-3-12-11(2)20-14(17-12)6-9-16-13(18)10-15(19)7-4-5-8-15/h19H,3-10H2,1-2H3,(H,16,18). The Hall–Kier alpha value is -0.940. The van der Waals surface area contributed by atoms with Crippen LogP contribution in [-0.4, -0.2) is 28.1 Å². The zero-order valence-corrected chi connectivity index (χ0v) is 13.2. The van der Waals surface area contributed by atoms with Gasteiger partial charge in [-0.2, -0.15) is 0 Å². The lowest BCUT2D eigenvalue weighted by Gasteiger charge is -2.20. The Morgan fingerprint density at radius 2 is 2.15 bits per heavy atom. The number of aryl methyl sites for hydroxylation is 2.